The van der Waals surface area contributed by atoms with Crippen LogP contribution in [0.3, 0.4) is 0 Å². The lowest BCUT2D eigenvalue weighted by Gasteiger charge is -2.31. The molecule has 0 radical (unpaired) electrons. The van der Waals surface area contributed by atoms with Gasteiger partial charge in [0, 0.05) is 42.4 Å². The Bertz CT molecular complexity index is 653. The molecule has 2 aromatic rings. The summed E-state index contributed by atoms with van der Waals surface area (Å²) in [5.41, 5.74) is 3.93. The Labute approximate surface area is 113 Å². The van der Waals surface area contributed by atoms with Gasteiger partial charge in [-0.2, -0.15) is 0 Å². The molecule has 1 aliphatic heterocycles. The summed E-state index contributed by atoms with van der Waals surface area (Å²) in [6.45, 7) is 4.59. The number of aromatic nitrogens is 2. The number of hydrogen-bond donors (Lipinski definition) is 1. The van der Waals surface area contributed by atoms with Gasteiger partial charge in [-0.15, -0.1) is 0 Å². The van der Waals surface area contributed by atoms with Crippen molar-refractivity contribution >= 4 is 17.0 Å². The topological polar surface area (TPSA) is 29.9 Å². The summed E-state index contributed by atoms with van der Waals surface area (Å²) < 4.78 is 2.47. The van der Waals surface area contributed by atoms with E-state index in [2.05, 4.69) is 46.2 Å². The lowest BCUT2D eigenvalue weighted by molar-refractivity contribution is 0.280. The molecule has 0 unspecified atom stereocenters. The summed E-state index contributed by atoms with van der Waals surface area (Å²) >= 11 is 0. The van der Waals surface area contributed by atoms with E-state index < -0.39 is 0 Å². The summed E-state index contributed by atoms with van der Waals surface area (Å²) in [6.07, 6.45) is 11.0. The van der Waals surface area contributed by atoms with E-state index in [-0.39, 0.29) is 0 Å². The standard InChI is InChI=1S/C16H19N3/c1-11-5-7-17-10-15(11)19-8-6-12-9-18-14-4-2-3-13(14)16(12)19/h2-3,6,8-9,11,15,17H,4-5,7,10H2,1H3/t11-,15+/m0/s1. The maximum atomic E-state index is 4.57. The third-order valence-electron chi connectivity index (χ3n) is 4.61. The van der Waals surface area contributed by atoms with Gasteiger partial charge in [0.05, 0.1) is 11.2 Å². The molecule has 1 fully saturated rings. The Morgan fingerprint density at radius 1 is 1.42 bits per heavy atom. The number of hydrogen-bond acceptors (Lipinski definition) is 2. The van der Waals surface area contributed by atoms with Crippen LogP contribution in [0.25, 0.3) is 17.0 Å². The van der Waals surface area contributed by atoms with Crippen LogP contribution in [0.2, 0.25) is 0 Å². The molecule has 2 atom stereocenters. The van der Waals surface area contributed by atoms with Crippen LogP contribution in [0, 0.1) is 5.92 Å². The first-order valence-electron chi connectivity index (χ1n) is 7.20. The highest BCUT2D eigenvalue weighted by Gasteiger charge is 2.25. The van der Waals surface area contributed by atoms with E-state index in [9.17, 15) is 0 Å². The third kappa shape index (κ3) is 1.65. The van der Waals surface area contributed by atoms with Crippen LogP contribution in [0.1, 0.15) is 30.6 Å². The zero-order chi connectivity index (χ0) is 12.8. The molecule has 0 aromatic carbocycles. The van der Waals surface area contributed by atoms with E-state index in [1.807, 2.05) is 6.20 Å². The van der Waals surface area contributed by atoms with Gasteiger partial charge in [0.1, 0.15) is 0 Å². The average Bonchev–Trinajstić information content (AvgIpc) is 3.04. The van der Waals surface area contributed by atoms with E-state index in [1.54, 1.807) is 0 Å². The number of fused-ring (bicyclic) bond motifs is 3. The Balaban J connectivity index is 1.90. The highest BCUT2D eigenvalue weighted by Crippen LogP contribution is 2.33. The van der Waals surface area contributed by atoms with Gasteiger partial charge >= 0.3 is 0 Å². The van der Waals surface area contributed by atoms with Crippen molar-refractivity contribution in [3.05, 3.63) is 35.8 Å². The Morgan fingerprint density at radius 2 is 2.37 bits per heavy atom. The fraction of sp³-hybridized carbons (Fsp3) is 0.438. The number of nitrogens with zero attached hydrogens (tertiary/aromatic N) is 2. The number of allylic oxidation sites excluding steroid dienone is 1. The number of nitrogens with one attached hydrogen (secondary N) is 1. The van der Waals surface area contributed by atoms with Gasteiger partial charge in [-0.05, 0) is 24.9 Å². The smallest absolute Gasteiger partial charge is 0.0591 e. The van der Waals surface area contributed by atoms with Crippen molar-refractivity contribution in [3.63, 3.8) is 0 Å². The molecule has 0 saturated carbocycles. The second-order valence-electron chi connectivity index (χ2n) is 5.79. The molecule has 1 saturated heterocycles. The van der Waals surface area contributed by atoms with E-state index in [0.29, 0.717) is 6.04 Å². The highest BCUT2D eigenvalue weighted by molar-refractivity contribution is 5.90. The summed E-state index contributed by atoms with van der Waals surface area (Å²) in [7, 11) is 0. The Kier molecular flexibility index (Phi) is 2.49. The molecule has 3 nitrogen and oxygen atoms in total. The summed E-state index contributed by atoms with van der Waals surface area (Å²) in [6, 6.07) is 2.77. The van der Waals surface area contributed by atoms with Crippen LogP contribution in [-0.4, -0.2) is 22.6 Å². The van der Waals surface area contributed by atoms with Gasteiger partial charge in [0.2, 0.25) is 0 Å². The predicted octanol–water partition coefficient (Wildman–Crippen LogP) is 2.78. The normalized spacial score (nSPS) is 25.9. The fourth-order valence-electron chi connectivity index (χ4n) is 3.46. The van der Waals surface area contributed by atoms with Crippen LogP contribution in [0.4, 0.5) is 0 Å². The molecular formula is C16H19N3. The summed E-state index contributed by atoms with van der Waals surface area (Å²) in [5.74, 6) is 0.728. The lowest BCUT2D eigenvalue weighted by Crippen LogP contribution is -2.36. The van der Waals surface area contributed by atoms with Crippen molar-refractivity contribution in [3.8, 4) is 0 Å². The number of rotatable bonds is 1. The van der Waals surface area contributed by atoms with Crippen LogP contribution in [0.5, 0.6) is 0 Å². The Morgan fingerprint density at radius 3 is 3.26 bits per heavy atom. The fourth-order valence-corrected chi connectivity index (χ4v) is 3.46. The molecule has 1 N–H and O–H groups in total. The maximum Gasteiger partial charge on any atom is 0.0591 e. The van der Waals surface area contributed by atoms with Crippen molar-refractivity contribution in [2.24, 2.45) is 5.92 Å². The number of piperidine rings is 1. The molecule has 98 valence electrons. The van der Waals surface area contributed by atoms with Crippen LogP contribution in [0.15, 0.2) is 24.5 Å². The largest absolute Gasteiger partial charge is 0.342 e. The van der Waals surface area contributed by atoms with Crippen molar-refractivity contribution < 1.29 is 0 Å². The van der Waals surface area contributed by atoms with Crippen molar-refractivity contribution in [2.45, 2.75) is 25.8 Å². The predicted molar refractivity (Wildman–Crippen MR) is 78.2 cm³/mol. The first kappa shape index (κ1) is 11.2. The van der Waals surface area contributed by atoms with E-state index >= 15 is 0 Å². The maximum absolute atomic E-state index is 4.57. The lowest BCUT2D eigenvalue weighted by atomic mass is 9.94. The first-order chi connectivity index (χ1) is 9.34. The van der Waals surface area contributed by atoms with Crippen molar-refractivity contribution in [1.29, 1.82) is 0 Å². The van der Waals surface area contributed by atoms with Crippen molar-refractivity contribution in [1.82, 2.24) is 14.9 Å². The second kappa shape index (κ2) is 4.20. The molecule has 0 bridgehead atoms. The van der Waals surface area contributed by atoms with Crippen LogP contribution >= 0.6 is 0 Å². The Hall–Kier alpha value is -1.61. The monoisotopic (exact) mass is 253 g/mol. The quantitative estimate of drug-likeness (QED) is 0.847. The average molecular weight is 253 g/mol. The molecule has 1 aliphatic carbocycles. The third-order valence-corrected chi connectivity index (χ3v) is 4.61. The van der Waals surface area contributed by atoms with Crippen LogP contribution < -0.4 is 5.32 Å². The van der Waals surface area contributed by atoms with E-state index in [0.717, 1.165) is 25.4 Å². The minimum atomic E-state index is 0.562. The van der Waals surface area contributed by atoms with Gasteiger partial charge < -0.3 is 9.88 Å². The zero-order valence-corrected chi connectivity index (χ0v) is 11.3. The molecule has 2 aliphatic rings. The van der Waals surface area contributed by atoms with Gasteiger partial charge in [-0.25, -0.2) is 0 Å². The molecule has 4 rings (SSSR count). The highest BCUT2D eigenvalue weighted by atomic mass is 15.1. The van der Waals surface area contributed by atoms with Crippen molar-refractivity contribution in [2.75, 3.05) is 13.1 Å². The molecule has 19 heavy (non-hydrogen) atoms. The molecule has 3 heteroatoms. The van der Waals surface area contributed by atoms with E-state index in [4.69, 9.17) is 0 Å². The van der Waals surface area contributed by atoms with Crippen LogP contribution in [-0.2, 0) is 6.42 Å². The van der Waals surface area contributed by atoms with Gasteiger partial charge in [0.15, 0.2) is 0 Å². The van der Waals surface area contributed by atoms with Gasteiger partial charge in [0.25, 0.3) is 0 Å². The number of pyridine rings is 1. The minimum Gasteiger partial charge on any atom is -0.342 e. The SMILES string of the molecule is C[C@H]1CCNC[C@H]1n1ccc2cnc3c(c21)C=CC3. The molecule has 3 heterocycles. The minimum absolute atomic E-state index is 0.562. The molecule has 0 spiro atoms. The molecule has 0 amide bonds. The van der Waals surface area contributed by atoms with Gasteiger partial charge in [-0.1, -0.05) is 19.1 Å². The zero-order valence-electron chi connectivity index (χ0n) is 11.3. The van der Waals surface area contributed by atoms with E-state index in [1.165, 1.54) is 28.6 Å². The molecular weight excluding hydrogens is 234 g/mol. The molecule has 2 aromatic heterocycles. The first-order valence-corrected chi connectivity index (χ1v) is 7.20. The summed E-state index contributed by atoms with van der Waals surface area (Å²) in [5, 5.41) is 4.80. The summed E-state index contributed by atoms with van der Waals surface area (Å²) in [4.78, 5) is 4.57. The second-order valence-corrected chi connectivity index (χ2v) is 5.79. The van der Waals surface area contributed by atoms with Gasteiger partial charge in [-0.3, -0.25) is 4.98 Å².